The van der Waals surface area contributed by atoms with Gasteiger partial charge in [0.15, 0.2) is 0 Å². The molecule has 112 valence electrons. The van der Waals surface area contributed by atoms with Crippen molar-refractivity contribution in [2.75, 3.05) is 6.54 Å². The number of amides is 1. The van der Waals surface area contributed by atoms with Crippen molar-refractivity contribution in [1.29, 1.82) is 0 Å². The number of aromatic carboxylic acids is 1. The summed E-state index contributed by atoms with van der Waals surface area (Å²) < 4.78 is 5.05. The Labute approximate surface area is 118 Å². The van der Waals surface area contributed by atoms with E-state index in [-0.39, 0.29) is 24.1 Å². The molecule has 0 aromatic carbocycles. The van der Waals surface area contributed by atoms with Gasteiger partial charge in [-0.25, -0.2) is 4.79 Å². The van der Waals surface area contributed by atoms with Crippen molar-refractivity contribution in [3.63, 3.8) is 0 Å². The average Bonchev–Trinajstić information content (AvgIpc) is 2.84. The van der Waals surface area contributed by atoms with Gasteiger partial charge in [-0.3, -0.25) is 4.79 Å². The quantitative estimate of drug-likeness (QED) is 0.671. The first-order valence-electron chi connectivity index (χ1n) is 6.71. The van der Waals surface area contributed by atoms with Crippen LogP contribution < -0.4 is 11.1 Å². The van der Waals surface area contributed by atoms with E-state index in [1.54, 1.807) is 0 Å². The van der Waals surface area contributed by atoms with Gasteiger partial charge in [-0.1, -0.05) is 13.8 Å². The van der Waals surface area contributed by atoms with Crippen LogP contribution in [0.15, 0.2) is 16.5 Å². The highest BCUT2D eigenvalue weighted by Gasteiger charge is 2.15. The largest absolute Gasteiger partial charge is 0.475 e. The van der Waals surface area contributed by atoms with Crippen LogP contribution in [0.5, 0.6) is 0 Å². The van der Waals surface area contributed by atoms with E-state index in [2.05, 4.69) is 19.2 Å². The Bertz CT molecular complexity index is 454. The van der Waals surface area contributed by atoms with Crippen molar-refractivity contribution < 1.29 is 19.1 Å². The monoisotopic (exact) mass is 282 g/mol. The molecular formula is C14H22N2O4. The lowest BCUT2D eigenvalue weighted by Crippen LogP contribution is -2.28. The minimum Gasteiger partial charge on any atom is -0.475 e. The minimum absolute atomic E-state index is 0.102. The van der Waals surface area contributed by atoms with E-state index in [0.29, 0.717) is 24.6 Å². The van der Waals surface area contributed by atoms with Crippen LogP contribution in [0.3, 0.4) is 0 Å². The van der Waals surface area contributed by atoms with Gasteiger partial charge in [0.1, 0.15) is 5.76 Å². The number of furan rings is 1. The maximum atomic E-state index is 11.8. The Morgan fingerprint density at radius 2 is 2.10 bits per heavy atom. The van der Waals surface area contributed by atoms with Crippen LogP contribution in [0.1, 0.15) is 43.0 Å². The second-order valence-corrected chi connectivity index (χ2v) is 5.28. The molecule has 1 aromatic heterocycles. The van der Waals surface area contributed by atoms with Crippen LogP contribution in [0.4, 0.5) is 0 Å². The first kappa shape index (κ1) is 16.2. The fraction of sp³-hybridized carbons (Fsp3) is 0.571. The van der Waals surface area contributed by atoms with Crippen molar-refractivity contribution in [3.05, 3.63) is 23.7 Å². The second-order valence-electron chi connectivity index (χ2n) is 5.28. The molecule has 4 N–H and O–H groups in total. The third-order valence-corrected chi connectivity index (χ3v) is 2.94. The number of rotatable bonds is 8. The van der Waals surface area contributed by atoms with Crippen LogP contribution in [-0.4, -0.2) is 23.5 Å². The molecular weight excluding hydrogens is 260 g/mol. The normalized spacial score (nSPS) is 12.4. The summed E-state index contributed by atoms with van der Waals surface area (Å²) in [6.07, 6.45) is 1.29. The van der Waals surface area contributed by atoms with E-state index in [9.17, 15) is 9.59 Å². The molecule has 1 heterocycles. The second kappa shape index (κ2) is 7.69. The van der Waals surface area contributed by atoms with E-state index >= 15 is 0 Å². The molecule has 1 amide bonds. The number of carboxylic acid groups (broad SMARTS) is 1. The number of carbonyl (C=O) groups excluding carboxylic acids is 1. The van der Waals surface area contributed by atoms with Crippen LogP contribution in [0, 0.1) is 11.8 Å². The van der Waals surface area contributed by atoms with Gasteiger partial charge in [0, 0.05) is 6.42 Å². The predicted molar refractivity (Wildman–Crippen MR) is 74.1 cm³/mol. The van der Waals surface area contributed by atoms with Gasteiger partial charge >= 0.3 is 5.97 Å². The van der Waals surface area contributed by atoms with Crippen molar-refractivity contribution >= 4 is 11.9 Å². The van der Waals surface area contributed by atoms with Gasteiger partial charge in [-0.05, 0) is 36.9 Å². The molecule has 1 rings (SSSR count). The Kier molecular flexibility index (Phi) is 6.24. The number of nitrogens with two attached hydrogens (primary N) is 1. The SMILES string of the molecule is CC(C)C[C@H](CN)CC(=O)NCc1ccc(C(=O)O)o1. The fourth-order valence-corrected chi connectivity index (χ4v) is 2.04. The van der Waals surface area contributed by atoms with E-state index in [1.165, 1.54) is 12.1 Å². The summed E-state index contributed by atoms with van der Waals surface area (Å²) in [6.45, 7) is 4.86. The highest BCUT2D eigenvalue weighted by Crippen LogP contribution is 2.14. The maximum Gasteiger partial charge on any atom is 0.371 e. The number of hydrogen-bond acceptors (Lipinski definition) is 4. The van der Waals surface area contributed by atoms with Gasteiger partial charge in [0.25, 0.3) is 0 Å². The molecule has 0 saturated carbocycles. The van der Waals surface area contributed by atoms with E-state index in [4.69, 9.17) is 15.3 Å². The van der Waals surface area contributed by atoms with Gasteiger partial charge < -0.3 is 20.6 Å². The smallest absolute Gasteiger partial charge is 0.371 e. The first-order valence-corrected chi connectivity index (χ1v) is 6.71. The molecule has 0 aliphatic rings. The highest BCUT2D eigenvalue weighted by molar-refractivity contribution is 5.84. The topological polar surface area (TPSA) is 106 Å². The molecule has 0 saturated heterocycles. The van der Waals surface area contributed by atoms with Crippen molar-refractivity contribution in [3.8, 4) is 0 Å². The Morgan fingerprint density at radius 3 is 2.60 bits per heavy atom. The zero-order valence-corrected chi connectivity index (χ0v) is 11.9. The van der Waals surface area contributed by atoms with Gasteiger partial charge in [0.2, 0.25) is 11.7 Å². The van der Waals surface area contributed by atoms with E-state index < -0.39 is 5.97 Å². The maximum absolute atomic E-state index is 11.8. The van der Waals surface area contributed by atoms with Crippen LogP contribution in [0.25, 0.3) is 0 Å². The Balaban J connectivity index is 2.40. The first-order chi connectivity index (χ1) is 9.42. The van der Waals surface area contributed by atoms with Crippen LogP contribution >= 0.6 is 0 Å². The molecule has 6 nitrogen and oxygen atoms in total. The number of carboxylic acids is 1. The molecule has 0 radical (unpaired) electrons. The zero-order chi connectivity index (χ0) is 15.1. The molecule has 1 atom stereocenters. The summed E-state index contributed by atoms with van der Waals surface area (Å²) in [4.78, 5) is 22.4. The van der Waals surface area contributed by atoms with E-state index in [1.807, 2.05) is 0 Å². The van der Waals surface area contributed by atoms with Crippen molar-refractivity contribution in [2.24, 2.45) is 17.6 Å². The summed E-state index contributed by atoms with van der Waals surface area (Å²) in [5.41, 5.74) is 5.65. The zero-order valence-electron chi connectivity index (χ0n) is 11.9. The van der Waals surface area contributed by atoms with Crippen molar-refractivity contribution in [1.82, 2.24) is 5.32 Å². The summed E-state index contributed by atoms with van der Waals surface area (Å²) in [5, 5.41) is 11.4. The molecule has 20 heavy (non-hydrogen) atoms. The number of carbonyl (C=O) groups is 2. The molecule has 0 spiro atoms. The predicted octanol–water partition coefficient (Wildman–Crippen LogP) is 1.61. The summed E-state index contributed by atoms with van der Waals surface area (Å²) >= 11 is 0. The standard InChI is InChI=1S/C14H22N2O4/c1-9(2)5-10(7-15)6-13(17)16-8-11-3-4-12(20-11)14(18)19/h3-4,9-10H,5-8,15H2,1-2H3,(H,16,17)(H,18,19)/t10-/m0/s1. The number of nitrogens with one attached hydrogen (secondary N) is 1. The Morgan fingerprint density at radius 1 is 1.40 bits per heavy atom. The van der Waals surface area contributed by atoms with Gasteiger partial charge in [-0.2, -0.15) is 0 Å². The third-order valence-electron chi connectivity index (χ3n) is 2.94. The summed E-state index contributed by atoms with van der Waals surface area (Å²) in [6, 6.07) is 2.91. The highest BCUT2D eigenvalue weighted by atomic mass is 16.4. The molecule has 1 aromatic rings. The van der Waals surface area contributed by atoms with Crippen LogP contribution in [0.2, 0.25) is 0 Å². The van der Waals surface area contributed by atoms with Gasteiger partial charge in [-0.15, -0.1) is 0 Å². The van der Waals surface area contributed by atoms with Gasteiger partial charge in [0.05, 0.1) is 6.54 Å². The summed E-state index contributed by atoms with van der Waals surface area (Å²) in [7, 11) is 0. The molecule has 0 unspecified atom stereocenters. The van der Waals surface area contributed by atoms with E-state index in [0.717, 1.165) is 6.42 Å². The number of hydrogen-bond donors (Lipinski definition) is 3. The van der Waals surface area contributed by atoms with Crippen LogP contribution in [-0.2, 0) is 11.3 Å². The molecule has 0 aliphatic heterocycles. The third kappa shape index (κ3) is 5.44. The Hall–Kier alpha value is -1.82. The fourth-order valence-electron chi connectivity index (χ4n) is 2.04. The lowest BCUT2D eigenvalue weighted by molar-refractivity contribution is -0.122. The lowest BCUT2D eigenvalue weighted by atomic mass is 9.94. The molecule has 0 fully saturated rings. The summed E-state index contributed by atoms with van der Waals surface area (Å²) in [5.74, 6) is -0.268. The van der Waals surface area contributed by atoms with Crippen molar-refractivity contribution in [2.45, 2.75) is 33.2 Å². The lowest BCUT2D eigenvalue weighted by Gasteiger charge is -2.16. The average molecular weight is 282 g/mol. The molecule has 0 bridgehead atoms. The molecule has 0 aliphatic carbocycles. The minimum atomic E-state index is -1.12. The molecule has 6 heteroatoms.